The highest BCUT2D eigenvalue weighted by Gasteiger charge is 2.44. The van der Waals surface area contributed by atoms with Crippen molar-refractivity contribution in [3.63, 3.8) is 0 Å². The summed E-state index contributed by atoms with van der Waals surface area (Å²) in [6.45, 7) is 29.6. The first-order valence-electron chi connectivity index (χ1n) is 52.5. The zero-order valence-corrected chi connectivity index (χ0v) is 79.9. The molecular weight excluding hydrogens is 1660 g/mol. The van der Waals surface area contributed by atoms with Gasteiger partial charge in [0.1, 0.15) is 0 Å². The minimum atomic E-state index is -0.493. The predicted molar refractivity (Wildman–Crippen MR) is 585 cm³/mol. The zero-order chi connectivity index (χ0) is 100. The molecule has 7 heteroatoms. The van der Waals surface area contributed by atoms with Crippen LogP contribution in [0.5, 0.6) is 0 Å². The van der Waals surface area contributed by atoms with Crippen LogP contribution in [0.15, 0.2) is 394 Å². The van der Waals surface area contributed by atoms with Crippen molar-refractivity contribution in [1.29, 1.82) is 0 Å². The lowest BCUT2D eigenvalue weighted by molar-refractivity contribution is 0.567. The fourth-order valence-electron chi connectivity index (χ4n) is 22.4. The van der Waals surface area contributed by atoms with Gasteiger partial charge in [-0.15, -0.1) is 0 Å². The molecule has 0 fully saturated rings. The normalized spacial score (nSPS) is 13.8. The van der Waals surface area contributed by atoms with Crippen LogP contribution in [0, 0.1) is 0 Å². The van der Waals surface area contributed by atoms with Gasteiger partial charge in [0.25, 0.3) is 6.71 Å². The Bertz CT molecular complexity index is 8750. The molecule has 0 amide bonds. The van der Waals surface area contributed by atoms with Crippen LogP contribution >= 0.6 is 0 Å². The first-order valence-corrected chi connectivity index (χ1v) is 48.5. The molecule has 0 aliphatic carbocycles. The summed E-state index contributed by atoms with van der Waals surface area (Å²) >= 11 is 0. The first-order chi connectivity index (χ1) is 69.8. The highest BCUT2D eigenvalue weighted by molar-refractivity contribution is 7.00. The Morgan fingerprint density at radius 1 is 0.255 bits per heavy atom. The van der Waals surface area contributed by atoms with Crippen LogP contribution < -0.4 is 26.2 Å². The van der Waals surface area contributed by atoms with Crippen LogP contribution in [0.3, 0.4) is 0 Å². The van der Waals surface area contributed by atoms with Crippen molar-refractivity contribution in [2.45, 2.75) is 137 Å². The second kappa shape index (κ2) is 32.8. The fourth-order valence-corrected chi connectivity index (χ4v) is 22.4. The van der Waals surface area contributed by atoms with Gasteiger partial charge in [-0.1, -0.05) is 368 Å². The van der Waals surface area contributed by atoms with Crippen LogP contribution in [0.1, 0.15) is 150 Å². The van der Waals surface area contributed by atoms with E-state index in [0.29, 0.717) is 44.7 Å². The number of benzene rings is 18. The maximum absolute atomic E-state index is 9.82. The molecule has 2 aliphatic heterocycles. The van der Waals surface area contributed by atoms with Crippen molar-refractivity contribution >= 4 is 133 Å². The third-order valence-electron chi connectivity index (χ3n) is 29.4. The van der Waals surface area contributed by atoms with Crippen LogP contribution in [0.4, 0.5) is 22.7 Å². The van der Waals surface area contributed by atoms with Crippen LogP contribution in [-0.2, 0) is 54.1 Å². The highest BCUT2D eigenvalue weighted by Crippen LogP contribution is 2.48. The van der Waals surface area contributed by atoms with Crippen LogP contribution in [0.2, 0.25) is 0 Å². The minimum Gasteiger partial charge on any atom is -0.342 e. The maximum atomic E-state index is 9.82. The van der Waals surface area contributed by atoms with E-state index in [-0.39, 0.29) is 74.3 Å². The van der Waals surface area contributed by atoms with Gasteiger partial charge >= 0.3 is 0 Å². The summed E-state index contributed by atoms with van der Waals surface area (Å²) < 4.78 is 84.6. The number of fused-ring (bicyclic) bond motifs is 16. The van der Waals surface area contributed by atoms with Crippen molar-refractivity contribution in [2.24, 2.45) is 0 Å². The molecule has 0 radical (unpaired) electrons. The summed E-state index contributed by atoms with van der Waals surface area (Å²) in [6.07, 6.45) is 1.36. The molecule has 137 heavy (non-hydrogen) atoms. The highest BCUT2D eigenvalue weighted by atomic mass is 15.2. The molecule has 24 rings (SSSR count). The average Bonchev–Trinajstić information content (AvgIpc) is 1.28. The van der Waals surface area contributed by atoms with E-state index in [9.17, 15) is 8.22 Å². The Morgan fingerprint density at radius 2 is 0.635 bits per heavy atom. The van der Waals surface area contributed by atoms with E-state index in [0.717, 1.165) is 111 Å². The standard InChI is InChI=1S/C130H113BN6/c1-127(2,3)92-57-63-114-107(77-92)108-78-93(128(4,5)6)58-64-115(108)133(114)81-85-56-62-113-123(73-85)135(83-111-100(90-39-21-15-22-40-90)49-34-50-101(111)91-41-23-16-24-42-91)125-75-87(82-134-116-65-59-96(136-118-51-29-25-43-103(118)104-44-26-30-52-119(104)136)79-109(116)110-80-97(60-66-117(110)134)137-120-53-31-27-45-105(120)106-46-28-32-54-121(106)137)74-124-126(125)131(113)112-61-55-84(69-86-70-94(129(7,8)9)76-95(71-86)130(10,11)12)72-122(112)132(124)68-67-102-98(88-35-17-13-18-36-88)47-33-48-99(102)89-37-19-14-20-38-89/h13-66,70-80H,67-69,81-83H2,1-12H3/i25D,26D,29D,30D,43D,44D,51D,52D. The summed E-state index contributed by atoms with van der Waals surface area (Å²) in [7, 11) is 0. The number of hydrogen-bond donors (Lipinski definition) is 0. The van der Waals surface area contributed by atoms with Crippen LogP contribution in [-0.4, -0.2) is 31.5 Å². The van der Waals surface area contributed by atoms with Crippen LogP contribution in [0.25, 0.3) is 143 Å². The number of nitrogens with zero attached hydrogens (tertiary/aromatic N) is 6. The Labute approximate surface area is 816 Å². The molecule has 18 aromatic carbocycles. The molecule has 4 aromatic heterocycles. The third-order valence-corrected chi connectivity index (χ3v) is 29.4. The molecule has 0 saturated heterocycles. The van der Waals surface area contributed by atoms with Gasteiger partial charge in [0.15, 0.2) is 0 Å². The van der Waals surface area contributed by atoms with Gasteiger partial charge in [0.05, 0.1) is 33.0 Å². The van der Waals surface area contributed by atoms with Crippen molar-refractivity contribution < 1.29 is 11.0 Å². The summed E-state index contributed by atoms with van der Waals surface area (Å²) in [5.41, 5.74) is 37.0. The maximum Gasteiger partial charge on any atom is 0.252 e. The number of rotatable bonds is 17. The molecule has 0 atom stereocenters. The number of aromatic nitrogens is 4. The molecule has 0 bridgehead atoms. The van der Waals surface area contributed by atoms with Crippen molar-refractivity contribution in [3.8, 4) is 55.9 Å². The van der Waals surface area contributed by atoms with E-state index >= 15 is 0 Å². The number of anilines is 4. The fraction of sp³-hybridized carbons (Fsp3) is 0.169. The zero-order valence-electron chi connectivity index (χ0n) is 87.9. The van der Waals surface area contributed by atoms with Gasteiger partial charge in [-0.3, -0.25) is 0 Å². The predicted octanol–water partition coefficient (Wildman–Crippen LogP) is 31.5. The van der Waals surface area contributed by atoms with E-state index in [2.05, 4.69) is 446 Å². The summed E-state index contributed by atoms with van der Waals surface area (Å²) in [4.78, 5) is 5.42. The van der Waals surface area contributed by atoms with Crippen molar-refractivity contribution in [2.75, 3.05) is 16.3 Å². The molecule has 0 unspecified atom stereocenters. The monoisotopic (exact) mass is 1780 g/mol. The second-order valence-corrected chi connectivity index (χ2v) is 42.2. The minimum absolute atomic E-state index is 0.0219. The molecule has 22 aromatic rings. The van der Waals surface area contributed by atoms with E-state index < -0.39 is 24.2 Å². The molecule has 0 saturated carbocycles. The molecule has 6 heterocycles. The molecular formula is C130H113BN6. The van der Waals surface area contributed by atoms with Crippen molar-refractivity contribution in [3.05, 3.63) is 450 Å². The largest absolute Gasteiger partial charge is 0.342 e. The Morgan fingerprint density at radius 3 is 1.10 bits per heavy atom. The third kappa shape index (κ3) is 14.8. The van der Waals surface area contributed by atoms with Gasteiger partial charge in [-0.25, -0.2) is 0 Å². The van der Waals surface area contributed by atoms with E-state index in [1.54, 1.807) is 4.57 Å². The lowest BCUT2D eigenvalue weighted by Crippen LogP contribution is -2.62. The Hall–Kier alpha value is -15.2. The smallest absolute Gasteiger partial charge is 0.252 e. The molecule has 666 valence electrons. The van der Waals surface area contributed by atoms with Crippen molar-refractivity contribution in [1.82, 2.24) is 18.3 Å². The van der Waals surface area contributed by atoms with E-state index in [4.69, 9.17) is 2.74 Å². The average molecular weight is 1780 g/mol. The number of para-hydroxylation sites is 4. The van der Waals surface area contributed by atoms with E-state index in [1.807, 2.05) is 6.07 Å². The Balaban J connectivity index is 0.799. The summed E-state index contributed by atoms with van der Waals surface area (Å²) in [5.74, 6) is 0. The van der Waals surface area contributed by atoms with Gasteiger partial charge in [0.2, 0.25) is 0 Å². The van der Waals surface area contributed by atoms with Gasteiger partial charge in [0, 0.05) is 125 Å². The SMILES string of the molecule is [2H]c1c([2H])c([2H])c2c(c1[2H])c1c([2H])c([2H])c([2H])c([2H])c1n2-c1ccc2c(c1)c1cc(-n3c4ccccc4c4ccccc43)ccc1n2Cc1cc2c3c(c1)N(Cc1c(-c4ccccc4)cccc1-c1ccccc1)c1cc(Cn4c5ccc(C(C)(C)C)cc5c5cc(C(C)(C)C)ccc54)ccc1B3c1ccc(Cc3cc(C(C)(C)C)cc(C(C)(C)C)c3)cc1N2CCc1c(-c2ccccc2)cccc1-c1ccccc1. The molecule has 6 nitrogen and oxygen atoms in total. The summed E-state index contributed by atoms with van der Waals surface area (Å²) in [6, 6.07) is 126. The van der Waals surface area contributed by atoms with Gasteiger partial charge in [-0.2, -0.15) is 0 Å². The lowest BCUT2D eigenvalue weighted by Gasteiger charge is -2.45. The molecule has 2 aliphatic rings. The first kappa shape index (κ1) is 76.1. The second-order valence-electron chi connectivity index (χ2n) is 42.2. The van der Waals surface area contributed by atoms with Gasteiger partial charge < -0.3 is 28.1 Å². The van der Waals surface area contributed by atoms with E-state index in [1.165, 1.54) is 99.4 Å². The number of hydrogen-bond acceptors (Lipinski definition) is 2. The molecule has 0 spiro atoms. The molecule has 0 N–H and O–H groups in total. The van der Waals surface area contributed by atoms with Gasteiger partial charge in [-0.05, 0) is 260 Å². The summed E-state index contributed by atoms with van der Waals surface area (Å²) in [5, 5.41) is 6.50. The quantitative estimate of drug-likeness (QED) is 0.0850. The Kier molecular flexibility index (Phi) is 18.3. The topological polar surface area (TPSA) is 26.2 Å². The lowest BCUT2D eigenvalue weighted by atomic mass is 9.33.